The van der Waals surface area contributed by atoms with Gasteiger partial charge in [-0.2, -0.15) is 16.1 Å². The minimum absolute atomic E-state index is 0.0454. The van der Waals surface area contributed by atoms with Crippen LogP contribution in [0.2, 0.25) is 0 Å². The first kappa shape index (κ1) is 14.1. The van der Waals surface area contributed by atoms with Gasteiger partial charge >= 0.3 is 0 Å². The van der Waals surface area contributed by atoms with Gasteiger partial charge in [0.15, 0.2) is 0 Å². The van der Waals surface area contributed by atoms with E-state index in [1.807, 2.05) is 6.92 Å². The normalized spacial score (nSPS) is 22.0. The average Bonchev–Trinajstić information content (AvgIpc) is 2.32. The second-order valence-electron chi connectivity index (χ2n) is 4.08. The fourth-order valence-electron chi connectivity index (χ4n) is 1.78. The summed E-state index contributed by atoms with van der Waals surface area (Å²) in [6.45, 7) is 3.05. The number of anilines is 1. The van der Waals surface area contributed by atoms with Crippen LogP contribution in [0.1, 0.15) is 6.92 Å². The zero-order valence-electron chi connectivity index (χ0n) is 9.84. The lowest BCUT2D eigenvalue weighted by Crippen LogP contribution is -2.41. The number of sulfonamides is 1. The molecule has 1 aromatic rings. The standard InChI is InChI=1S/C10H14BrN3O2S2/c1-7-6-14(2-3-17-7)18(15,16)9-4-8(11)5-13-10(9)12/h4-5,7H,2-3,6H2,1H3,(H2,12,13). The van der Waals surface area contributed by atoms with Gasteiger partial charge in [-0.3, -0.25) is 0 Å². The van der Waals surface area contributed by atoms with Crippen LogP contribution in [0.4, 0.5) is 5.82 Å². The average molecular weight is 352 g/mol. The summed E-state index contributed by atoms with van der Waals surface area (Å²) in [5.74, 6) is 0.853. The zero-order chi connectivity index (χ0) is 13.3. The van der Waals surface area contributed by atoms with E-state index in [0.29, 0.717) is 22.8 Å². The third-order valence-electron chi connectivity index (χ3n) is 2.67. The summed E-state index contributed by atoms with van der Waals surface area (Å²) in [6, 6.07) is 1.50. The summed E-state index contributed by atoms with van der Waals surface area (Å²) in [5.41, 5.74) is 5.67. The Hall–Kier alpha value is -0.310. The number of hydrogen-bond donors (Lipinski definition) is 1. The van der Waals surface area contributed by atoms with Crippen LogP contribution in [-0.4, -0.2) is 41.8 Å². The summed E-state index contributed by atoms with van der Waals surface area (Å²) in [4.78, 5) is 3.96. The summed E-state index contributed by atoms with van der Waals surface area (Å²) in [5, 5.41) is 0.301. The van der Waals surface area contributed by atoms with Crippen molar-refractivity contribution in [2.75, 3.05) is 24.6 Å². The van der Waals surface area contributed by atoms with Gasteiger partial charge in [-0.25, -0.2) is 13.4 Å². The monoisotopic (exact) mass is 351 g/mol. The number of pyridine rings is 1. The Morgan fingerprint density at radius 2 is 2.33 bits per heavy atom. The zero-order valence-corrected chi connectivity index (χ0v) is 13.1. The molecule has 1 unspecified atom stereocenters. The van der Waals surface area contributed by atoms with Crippen molar-refractivity contribution in [2.24, 2.45) is 0 Å². The molecule has 1 saturated heterocycles. The summed E-state index contributed by atoms with van der Waals surface area (Å²) < 4.78 is 27.0. The minimum Gasteiger partial charge on any atom is -0.383 e. The highest BCUT2D eigenvalue weighted by Crippen LogP contribution is 2.27. The molecule has 1 aromatic heterocycles. The van der Waals surface area contributed by atoms with Crippen molar-refractivity contribution in [1.29, 1.82) is 0 Å². The highest BCUT2D eigenvalue weighted by Gasteiger charge is 2.30. The van der Waals surface area contributed by atoms with Gasteiger partial charge in [-0.1, -0.05) is 6.92 Å². The minimum atomic E-state index is -3.55. The first-order valence-corrected chi connectivity index (χ1v) is 8.72. The Bertz CT molecular complexity index is 550. The summed E-state index contributed by atoms with van der Waals surface area (Å²) >= 11 is 5.00. The molecule has 0 bridgehead atoms. The van der Waals surface area contributed by atoms with E-state index in [1.54, 1.807) is 11.8 Å². The molecule has 2 rings (SSSR count). The molecule has 18 heavy (non-hydrogen) atoms. The SMILES string of the molecule is CC1CN(S(=O)(=O)c2cc(Br)cnc2N)CCS1. The number of rotatable bonds is 2. The van der Waals surface area contributed by atoms with E-state index >= 15 is 0 Å². The predicted octanol–water partition coefficient (Wildman–Crippen LogP) is 1.55. The smallest absolute Gasteiger partial charge is 0.246 e. The lowest BCUT2D eigenvalue weighted by atomic mass is 10.4. The van der Waals surface area contributed by atoms with E-state index in [0.717, 1.165) is 5.75 Å². The van der Waals surface area contributed by atoms with Gasteiger partial charge in [0.1, 0.15) is 10.7 Å². The first-order chi connectivity index (χ1) is 8.41. The number of aromatic nitrogens is 1. The van der Waals surface area contributed by atoms with E-state index in [2.05, 4.69) is 20.9 Å². The van der Waals surface area contributed by atoms with Crippen molar-refractivity contribution in [1.82, 2.24) is 9.29 Å². The Kier molecular flexibility index (Phi) is 4.20. The topological polar surface area (TPSA) is 76.3 Å². The van der Waals surface area contributed by atoms with Crippen molar-refractivity contribution in [2.45, 2.75) is 17.1 Å². The molecular formula is C10H14BrN3O2S2. The summed E-state index contributed by atoms with van der Waals surface area (Å²) in [7, 11) is -3.55. The number of nitrogen functional groups attached to an aromatic ring is 1. The van der Waals surface area contributed by atoms with Gasteiger partial charge in [0.05, 0.1) is 0 Å². The van der Waals surface area contributed by atoms with Crippen LogP contribution in [0.25, 0.3) is 0 Å². The van der Waals surface area contributed by atoms with Crippen LogP contribution in [0.5, 0.6) is 0 Å². The molecule has 0 amide bonds. The van der Waals surface area contributed by atoms with Crippen molar-refractivity contribution in [3.63, 3.8) is 0 Å². The number of hydrogen-bond acceptors (Lipinski definition) is 5. The van der Waals surface area contributed by atoms with Crippen LogP contribution in [0.3, 0.4) is 0 Å². The Morgan fingerprint density at radius 3 is 3.00 bits per heavy atom. The Labute approximate surface area is 119 Å². The second kappa shape index (κ2) is 5.36. The van der Waals surface area contributed by atoms with Crippen LogP contribution < -0.4 is 5.73 Å². The molecule has 0 radical (unpaired) electrons. The van der Waals surface area contributed by atoms with Gasteiger partial charge < -0.3 is 5.73 Å². The van der Waals surface area contributed by atoms with E-state index in [9.17, 15) is 8.42 Å². The van der Waals surface area contributed by atoms with Crippen LogP contribution >= 0.6 is 27.7 Å². The second-order valence-corrected chi connectivity index (χ2v) is 8.45. The van der Waals surface area contributed by atoms with Crippen LogP contribution in [-0.2, 0) is 10.0 Å². The number of halogens is 1. The fourth-order valence-corrected chi connectivity index (χ4v) is 5.11. The van der Waals surface area contributed by atoms with E-state index in [1.165, 1.54) is 16.6 Å². The molecule has 0 saturated carbocycles. The number of nitrogens with two attached hydrogens (primary N) is 1. The molecule has 8 heteroatoms. The molecular weight excluding hydrogens is 338 g/mol. The lowest BCUT2D eigenvalue weighted by Gasteiger charge is -2.29. The molecule has 2 N–H and O–H groups in total. The molecule has 1 fully saturated rings. The number of nitrogens with zero attached hydrogens (tertiary/aromatic N) is 2. The Balaban J connectivity index is 2.38. The van der Waals surface area contributed by atoms with Crippen LogP contribution in [0.15, 0.2) is 21.6 Å². The van der Waals surface area contributed by atoms with Gasteiger partial charge in [0.2, 0.25) is 10.0 Å². The molecule has 0 spiro atoms. The third-order valence-corrected chi connectivity index (χ3v) is 6.13. The van der Waals surface area contributed by atoms with Crippen molar-refractivity contribution in [3.8, 4) is 0 Å². The maximum atomic E-state index is 12.5. The van der Waals surface area contributed by atoms with Crippen molar-refractivity contribution < 1.29 is 8.42 Å². The van der Waals surface area contributed by atoms with Crippen molar-refractivity contribution in [3.05, 3.63) is 16.7 Å². The van der Waals surface area contributed by atoms with E-state index in [4.69, 9.17) is 5.73 Å². The highest BCUT2D eigenvalue weighted by atomic mass is 79.9. The molecule has 2 heterocycles. The molecule has 0 aromatic carbocycles. The molecule has 1 atom stereocenters. The first-order valence-electron chi connectivity index (χ1n) is 5.44. The Morgan fingerprint density at radius 1 is 1.61 bits per heavy atom. The fraction of sp³-hybridized carbons (Fsp3) is 0.500. The van der Waals surface area contributed by atoms with Gasteiger partial charge in [-0.15, -0.1) is 0 Å². The van der Waals surface area contributed by atoms with Gasteiger partial charge in [-0.05, 0) is 22.0 Å². The number of thioether (sulfide) groups is 1. The highest BCUT2D eigenvalue weighted by molar-refractivity contribution is 9.10. The van der Waals surface area contributed by atoms with Crippen molar-refractivity contribution >= 4 is 43.5 Å². The molecule has 5 nitrogen and oxygen atoms in total. The molecule has 1 aliphatic rings. The molecule has 0 aliphatic carbocycles. The van der Waals surface area contributed by atoms with E-state index < -0.39 is 10.0 Å². The molecule has 100 valence electrons. The van der Waals surface area contributed by atoms with Crippen LogP contribution in [0, 0.1) is 0 Å². The molecule has 1 aliphatic heterocycles. The summed E-state index contributed by atoms with van der Waals surface area (Å²) in [6.07, 6.45) is 1.49. The van der Waals surface area contributed by atoms with Gasteiger partial charge in [0, 0.05) is 34.8 Å². The largest absolute Gasteiger partial charge is 0.383 e. The van der Waals surface area contributed by atoms with Gasteiger partial charge in [0.25, 0.3) is 0 Å². The maximum absolute atomic E-state index is 12.5. The van der Waals surface area contributed by atoms with E-state index in [-0.39, 0.29) is 10.7 Å². The third kappa shape index (κ3) is 2.81. The predicted molar refractivity (Wildman–Crippen MR) is 77.0 cm³/mol. The quantitative estimate of drug-likeness (QED) is 0.874. The lowest BCUT2D eigenvalue weighted by molar-refractivity contribution is 0.424. The maximum Gasteiger partial charge on any atom is 0.246 e.